The molecule has 2 heterocycles. The third-order valence-electron chi connectivity index (χ3n) is 3.30. The number of nitrogens with zero attached hydrogens (tertiary/aromatic N) is 5. The molecule has 2 aromatic rings. The van der Waals surface area contributed by atoms with Crippen LogP contribution in [0.5, 0.6) is 0 Å². The first-order valence-electron chi connectivity index (χ1n) is 6.94. The average molecular weight is 297 g/mol. The monoisotopic (exact) mass is 296 g/mol. The first-order chi connectivity index (χ1) is 9.56. The van der Waals surface area contributed by atoms with Crippen LogP contribution in [0, 0.1) is 6.92 Å². The van der Waals surface area contributed by atoms with Crippen molar-refractivity contribution in [1.29, 1.82) is 0 Å². The minimum atomic E-state index is -0.0537. The van der Waals surface area contributed by atoms with Gasteiger partial charge in [0, 0.05) is 6.54 Å². The Balaban J connectivity index is 2.18. The van der Waals surface area contributed by atoms with Gasteiger partial charge in [0.15, 0.2) is 0 Å². The molecule has 0 aliphatic heterocycles. The molecule has 0 fully saturated rings. The molecule has 0 aliphatic carbocycles. The number of rotatable bonds is 6. The number of aromatic nitrogens is 5. The summed E-state index contributed by atoms with van der Waals surface area (Å²) in [5, 5.41) is 13.4. The van der Waals surface area contributed by atoms with Gasteiger partial charge in [0.25, 0.3) is 0 Å². The Morgan fingerprint density at radius 3 is 2.80 bits per heavy atom. The highest BCUT2D eigenvalue weighted by Crippen LogP contribution is 2.21. The van der Waals surface area contributed by atoms with Crippen molar-refractivity contribution in [1.82, 2.24) is 24.8 Å². The zero-order valence-electron chi connectivity index (χ0n) is 12.2. The Morgan fingerprint density at radius 2 is 2.15 bits per heavy atom. The summed E-state index contributed by atoms with van der Waals surface area (Å²) in [6.07, 6.45) is 3.83. The molecule has 1 atom stereocenters. The summed E-state index contributed by atoms with van der Waals surface area (Å²) in [7, 11) is 0. The molecule has 0 aliphatic rings. The lowest BCUT2D eigenvalue weighted by Gasteiger charge is -2.06. The summed E-state index contributed by atoms with van der Waals surface area (Å²) < 4.78 is 3.66. The fourth-order valence-corrected chi connectivity index (χ4v) is 2.39. The van der Waals surface area contributed by atoms with E-state index in [0.717, 1.165) is 36.5 Å². The summed E-state index contributed by atoms with van der Waals surface area (Å²) in [5.41, 5.74) is 8.65. The molecule has 2 rings (SSSR count). The van der Waals surface area contributed by atoms with Crippen molar-refractivity contribution in [2.45, 2.75) is 52.7 Å². The van der Waals surface area contributed by atoms with Gasteiger partial charge in [-0.3, -0.25) is 4.68 Å². The van der Waals surface area contributed by atoms with Crippen molar-refractivity contribution >= 4 is 11.6 Å². The van der Waals surface area contributed by atoms with E-state index in [1.165, 1.54) is 0 Å². The summed E-state index contributed by atoms with van der Waals surface area (Å²) in [5.74, 6) is 0. The van der Waals surface area contributed by atoms with Crippen molar-refractivity contribution in [3.8, 4) is 0 Å². The van der Waals surface area contributed by atoms with E-state index in [4.69, 9.17) is 17.3 Å². The molecule has 7 heteroatoms. The van der Waals surface area contributed by atoms with E-state index in [9.17, 15) is 0 Å². The highest BCUT2D eigenvalue weighted by Gasteiger charge is 2.15. The fourth-order valence-electron chi connectivity index (χ4n) is 2.19. The zero-order valence-corrected chi connectivity index (χ0v) is 12.9. The van der Waals surface area contributed by atoms with Gasteiger partial charge in [-0.25, -0.2) is 4.68 Å². The van der Waals surface area contributed by atoms with Gasteiger partial charge in [0.2, 0.25) is 0 Å². The number of aryl methyl sites for hydroxylation is 2. The minimum Gasteiger partial charge on any atom is -0.323 e. The van der Waals surface area contributed by atoms with Crippen LogP contribution in [0.4, 0.5) is 0 Å². The first-order valence-corrected chi connectivity index (χ1v) is 7.32. The maximum absolute atomic E-state index is 6.29. The van der Waals surface area contributed by atoms with E-state index in [1.54, 1.807) is 4.68 Å². The smallest absolute Gasteiger partial charge is 0.0994 e. The van der Waals surface area contributed by atoms with E-state index in [1.807, 2.05) is 24.7 Å². The van der Waals surface area contributed by atoms with Crippen LogP contribution in [-0.2, 0) is 13.1 Å². The van der Waals surface area contributed by atoms with Crippen molar-refractivity contribution in [2.75, 3.05) is 0 Å². The van der Waals surface area contributed by atoms with Crippen LogP contribution in [0.25, 0.3) is 0 Å². The lowest BCUT2D eigenvalue weighted by molar-refractivity contribution is 0.565. The molecule has 2 N–H and O–H groups in total. The predicted octanol–water partition coefficient (Wildman–Crippen LogP) is 2.30. The van der Waals surface area contributed by atoms with Gasteiger partial charge in [0.05, 0.1) is 40.9 Å². The molecule has 0 spiro atoms. The van der Waals surface area contributed by atoms with Crippen molar-refractivity contribution in [2.24, 2.45) is 5.73 Å². The van der Waals surface area contributed by atoms with Crippen molar-refractivity contribution in [3.63, 3.8) is 0 Å². The maximum atomic E-state index is 6.29. The third kappa shape index (κ3) is 3.02. The number of hydrogen-bond acceptors (Lipinski definition) is 4. The topological polar surface area (TPSA) is 74.6 Å². The van der Waals surface area contributed by atoms with Crippen LogP contribution in [-0.4, -0.2) is 24.8 Å². The molecule has 0 aromatic carbocycles. The molecule has 2 aromatic heterocycles. The Hall–Kier alpha value is -1.40. The van der Waals surface area contributed by atoms with E-state index in [-0.39, 0.29) is 6.04 Å². The molecule has 0 saturated carbocycles. The van der Waals surface area contributed by atoms with Crippen LogP contribution in [0.3, 0.4) is 0 Å². The largest absolute Gasteiger partial charge is 0.323 e. The second-order valence-corrected chi connectivity index (χ2v) is 5.28. The Bertz CT molecular complexity index is 573. The Labute approximate surface area is 123 Å². The summed E-state index contributed by atoms with van der Waals surface area (Å²) in [6.45, 7) is 7.38. The number of halogens is 1. The van der Waals surface area contributed by atoms with Crippen molar-refractivity contribution < 1.29 is 0 Å². The van der Waals surface area contributed by atoms with Crippen LogP contribution in [0.2, 0.25) is 5.02 Å². The molecule has 110 valence electrons. The average Bonchev–Trinajstić information content (AvgIpc) is 2.99. The van der Waals surface area contributed by atoms with Crippen LogP contribution in [0.15, 0.2) is 6.20 Å². The lowest BCUT2D eigenvalue weighted by atomic mass is 10.1. The molecule has 6 nitrogen and oxygen atoms in total. The molecular weight excluding hydrogens is 276 g/mol. The number of nitrogens with two attached hydrogens (primary N) is 1. The van der Waals surface area contributed by atoms with Gasteiger partial charge >= 0.3 is 0 Å². The zero-order chi connectivity index (χ0) is 14.7. The second-order valence-electron chi connectivity index (χ2n) is 4.90. The molecule has 0 bridgehead atoms. The second kappa shape index (κ2) is 6.37. The summed E-state index contributed by atoms with van der Waals surface area (Å²) >= 11 is 6.29. The van der Waals surface area contributed by atoms with E-state index in [2.05, 4.69) is 22.3 Å². The van der Waals surface area contributed by atoms with E-state index >= 15 is 0 Å². The summed E-state index contributed by atoms with van der Waals surface area (Å²) in [4.78, 5) is 0. The normalized spacial score (nSPS) is 12.8. The molecule has 1 unspecified atom stereocenters. The van der Waals surface area contributed by atoms with E-state index in [0.29, 0.717) is 11.6 Å². The number of hydrogen-bond donors (Lipinski definition) is 1. The highest BCUT2D eigenvalue weighted by molar-refractivity contribution is 6.31. The molecule has 0 amide bonds. The Kier molecular flexibility index (Phi) is 4.77. The minimum absolute atomic E-state index is 0.0537. The van der Waals surface area contributed by atoms with E-state index < -0.39 is 0 Å². The lowest BCUT2D eigenvalue weighted by Crippen LogP contribution is -2.10. The van der Waals surface area contributed by atoms with Crippen LogP contribution >= 0.6 is 11.6 Å². The SMILES string of the molecule is CCCC(N)c1cn(Cc2c(Cl)c(C)nn2CC)nn1. The van der Waals surface area contributed by atoms with Crippen LogP contribution in [0.1, 0.15) is 49.8 Å². The highest BCUT2D eigenvalue weighted by atomic mass is 35.5. The van der Waals surface area contributed by atoms with Gasteiger partial charge in [-0.1, -0.05) is 30.2 Å². The van der Waals surface area contributed by atoms with Gasteiger partial charge < -0.3 is 5.73 Å². The molecular formula is C13H21ClN6. The fraction of sp³-hybridized carbons (Fsp3) is 0.615. The quantitative estimate of drug-likeness (QED) is 0.887. The standard InChI is InChI=1S/C13H21ClN6/c1-4-6-10(15)11-7-19(18-16-11)8-12-13(14)9(3)17-20(12)5-2/h7,10H,4-6,8,15H2,1-3H3. The molecule has 0 radical (unpaired) electrons. The molecule has 0 saturated heterocycles. The third-order valence-corrected chi connectivity index (χ3v) is 3.79. The first kappa shape index (κ1) is 15.0. The Morgan fingerprint density at radius 1 is 1.40 bits per heavy atom. The van der Waals surface area contributed by atoms with Crippen LogP contribution < -0.4 is 5.73 Å². The summed E-state index contributed by atoms with van der Waals surface area (Å²) in [6, 6.07) is -0.0537. The van der Waals surface area contributed by atoms with Crippen molar-refractivity contribution in [3.05, 3.63) is 28.3 Å². The predicted molar refractivity (Wildman–Crippen MR) is 78.6 cm³/mol. The van der Waals surface area contributed by atoms with Gasteiger partial charge in [-0.2, -0.15) is 5.10 Å². The van der Waals surface area contributed by atoms with Gasteiger partial charge in [-0.05, 0) is 20.3 Å². The maximum Gasteiger partial charge on any atom is 0.0994 e. The van der Waals surface area contributed by atoms with Gasteiger partial charge in [0.1, 0.15) is 0 Å². The molecule has 20 heavy (non-hydrogen) atoms. The van der Waals surface area contributed by atoms with Gasteiger partial charge in [-0.15, -0.1) is 5.10 Å².